The number of nitrogens with zero attached hydrogens (tertiary/aromatic N) is 1. The van der Waals surface area contributed by atoms with Crippen molar-refractivity contribution in [1.29, 1.82) is 0 Å². The van der Waals surface area contributed by atoms with E-state index >= 15 is 0 Å². The lowest BCUT2D eigenvalue weighted by atomic mass is 9.84. The highest BCUT2D eigenvalue weighted by Crippen LogP contribution is 2.21. The van der Waals surface area contributed by atoms with E-state index in [1.165, 1.54) is 0 Å². The molecule has 1 unspecified atom stereocenters. The van der Waals surface area contributed by atoms with Crippen molar-refractivity contribution in [3.05, 3.63) is 18.0 Å². The third-order valence-electron chi connectivity index (χ3n) is 2.67. The summed E-state index contributed by atoms with van der Waals surface area (Å²) in [5.41, 5.74) is 0.401. The quantitative estimate of drug-likeness (QED) is 0.728. The first-order valence-electron chi connectivity index (χ1n) is 5.78. The SMILES string of the molecule is CC(C)(C)C(CC(=O)O)NC(=O)Cc1ccn[nH]1. The van der Waals surface area contributed by atoms with Crippen LogP contribution in [0.4, 0.5) is 0 Å². The molecule has 1 aromatic rings. The van der Waals surface area contributed by atoms with Gasteiger partial charge in [-0.3, -0.25) is 14.7 Å². The van der Waals surface area contributed by atoms with E-state index in [-0.39, 0.29) is 24.2 Å². The van der Waals surface area contributed by atoms with Gasteiger partial charge in [-0.15, -0.1) is 0 Å². The number of H-pyrrole nitrogens is 1. The summed E-state index contributed by atoms with van der Waals surface area (Å²) < 4.78 is 0. The van der Waals surface area contributed by atoms with Crippen molar-refractivity contribution in [2.75, 3.05) is 0 Å². The van der Waals surface area contributed by atoms with Gasteiger partial charge in [0, 0.05) is 17.9 Å². The Bertz CT molecular complexity index is 407. The summed E-state index contributed by atoms with van der Waals surface area (Å²) in [7, 11) is 0. The van der Waals surface area contributed by atoms with Crippen LogP contribution >= 0.6 is 0 Å². The predicted molar refractivity (Wildman–Crippen MR) is 65.9 cm³/mol. The molecule has 0 spiro atoms. The van der Waals surface area contributed by atoms with E-state index in [9.17, 15) is 9.59 Å². The fourth-order valence-electron chi connectivity index (χ4n) is 1.55. The van der Waals surface area contributed by atoms with E-state index < -0.39 is 12.0 Å². The van der Waals surface area contributed by atoms with E-state index in [1.807, 2.05) is 20.8 Å². The fourth-order valence-corrected chi connectivity index (χ4v) is 1.55. The second-order valence-corrected chi connectivity index (χ2v) is 5.34. The molecule has 0 aliphatic carbocycles. The third-order valence-corrected chi connectivity index (χ3v) is 2.67. The molecule has 6 nitrogen and oxygen atoms in total. The predicted octanol–water partition coefficient (Wildman–Crippen LogP) is 0.958. The Morgan fingerprint density at radius 3 is 2.61 bits per heavy atom. The van der Waals surface area contributed by atoms with Crippen molar-refractivity contribution in [1.82, 2.24) is 15.5 Å². The lowest BCUT2D eigenvalue weighted by molar-refractivity contribution is -0.138. The van der Waals surface area contributed by atoms with Crippen molar-refractivity contribution in [3.63, 3.8) is 0 Å². The van der Waals surface area contributed by atoms with Gasteiger partial charge in [-0.1, -0.05) is 20.8 Å². The number of nitrogens with one attached hydrogen (secondary N) is 2. The Labute approximate surface area is 106 Å². The molecular formula is C12H19N3O3. The molecule has 0 aliphatic rings. The van der Waals surface area contributed by atoms with Gasteiger partial charge in [-0.25, -0.2) is 0 Å². The molecular weight excluding hydrogens is 234 g/mol. The number of aromatic amines is 1. The topological polar surface area (TPSA) is 95.1 Å². The van der Waals surface area contributed by atoms with Crippen LogP contribution in [0.3, 0.4) is 0 Å². The number of carboxylic acids is 1. The second-order valence-electron chi connectivity index (χ2n) is 5.34. The van der Waals surface area contributed by atoms with Gasteiger partial charge in [0.15, 0.2) is 0 Å². The van der Waals surface area contributed by atoms with Crippen LogP contribution in [-0.2, 0) is 16.0 Å². The van der Waals surface area contributed by atoms with Gasteiger partial charge in [-0.2, -0.15) is 5.10 Å². The summed E-state index contributed by atoms with van der Waals surface area (Å²) in [4.78, 5) is 22.6. The largest absolute Gasteiger partial charge is 0.481 e. The third kappa shape index (κ3) is 4.57. The van der Waals surface area contributed by atoms with Gasteiger partial charge in [0.1, 0.15) is 0 Å². The zero-order chi connectivity index (χ0) is 13.8. The summed E-state index contributed by atoms with van der Waals surface area (Å²) >= 11 is 0. The molecule has 0 bridgehead atoms. The van der Waals surface area contributed by atoms with Gasteiger partial charge in [0.05, 0.1) is 12.8 Å². The molecule has 100 valence electrons. The normalized spacial score (nSPS) is 13.1. The molecule has 1 heterocycles. The van der Waals surface area contributed by atoms with Crippen molar-refractivity contribution >= 4 is 11.9 Å². The molecule has 0 saturated carbocycles. The minimum Gasteiger partial charge on any atom is -0.481 e. The molecule has 0 saturated heterocycles. The first-order valence-corrected chi connectivity index (χ1v) is 5.78. The number of amides is 1. The van der Waals surface area contributed by atoms with E-state index in [4.69, 9.17) is 5.11 Å². The van der Waals surface area contributed by atoms with E-state index in [0.29, 0.717) is 5.69 Å². The number of aromatic nitrogens is 2. The minimum atomic E-state index is -0.920. The molecule has 1 amide bonds. The first-order chi connectivity index (χ1) is 8.29. The van der Waals surface area contributed by atoms with Crippen LogP contribution in [0.15, 0.2) is 12.3 Å². The zero-order valence-electron chi connectivity index (χ0n) is 10.9. The lowest BCUT2D eigenvalue weighted by Crippen LogP contribution is -2.45. The van der Waals surface area contributed by atoms with Crippen LogP contribution in [-0.4, -0.2) is 33.2 Å². The Morgan fingerprint density at radius 1 is 1.50 bits per heavy atom. The molecule has 0 radical (unpaired) electrons. The zero-order valence-corrected chi connectivity index (χ0v) is 10.9. The van der Waals surface area contributed by atoms with Crippen LogP contribution in [0, 0.1) is 5.41 Å². The molecule has 0 aliphatic heterocycles. The molecule has 1 aromatic heterocycles. The van der Waals surface area contributed by atoms with Crippen LogP contribution in [0.1, 0.15) is 32.9 Å². The second kappa shape index (κ2) is 5.66. The van der Waals surface area contributed by atoms with Crippen LogP contribution in [0.25, 0.3) is 0 Å². The minimum absolute atomic E-state index is 0.0851. The summed E-state index contributed by atoms with van der Waals surface area (Å²) in [6.45, 7) is 5.70. The van der Waals surface area contributed by atoms with Crippen molar-refractivity contribution < 1.29 is 14.7 Å². The summed E-state index contributed by atoms with van der Waals surface area (Å²) in [6, 6.07) is 1.31. The standard InChI is InChI=1S/C12H19N3O3/c1-12(2,3)9(7-11(17)18)14-10(16)6-8-4-5-13-15-8/h4-5,9H,6-7H2,1-3H3,(H,13,15)(H,14,16)(H,17,18). The van der Waals surface area contributed by atoms with E-state index in [0.717, 1.165) is 0 Å². The average molecular weight is 253 g/mol. The van der Waals surface area contributed by atoms with Crippen molar-refractivity contribution in [3.8, 4) is 0 Å². The number of aliphatic carboxylic acids is 1. The maximum Gasteiger partial charge on any atom is 0.305 e. The Kier molecular flexibility index (Phi) is 4.47. The van der Waals surface area contributed by atoms with Gasteiger partial charge >= 0.3 is 5.97 Å². The molecule has 6 heteroatoms. The first kappa shape index (κ1) is 14.2. The molecule has 3 N–H and O–H groups in total. The smallest absolute Gasteiger partial charge is 0.305 e. The van der Waals surface area contributed by atoms with Crippen molar-refractivity contribution in [2.24, 2.45) is 5.41 Å². The Morgan fingerprint density at radius 2 is 2.17 bits per heavy atom. The highest BCUT2D eigenvalue weighted by atomic mass is 16.4. The maximum absolute atomic E-state index is 11.8. The number of hydrogen-bond acceptors (Lipinski definition) is 3. The summed E-state index contributed by atoms with van der Waals surface area (Å²) in [5.74, 6) is -1.13. The van der Waals surface area contributed by atoms with Gasteiger partial charge in [-0.05, 0) is 11.5 Å². The van der Waals surface area contributed by atoms with Gasteiger partial charge in [0.2, 0.25) is 5.91 Å². The Balaban J connectivity index is 2.60. The number of carboxylic acid groups (broad SMARTS) is 1. The molecule has 18 heavy (non-hydrogen) atoms. The Hall–Kier alpha value is -1.85. The van der Waals surface area contributed by atoms with Crippen LogP contribution in [0.2, 0.25) is 0 Å². The summed E-state index contributed by atoms with van der Waals surface area (Å²) in [6.07, 6.45) is 1.66. The van der Waals surface area contributed by atoms with Crippen LogP contribution in [0.5, 0.6) is 0 Å². The highest BCUT2D eigenvalue weighted by Gasteiger charge is 2.28. The number of rotatable bonds is 5. The number of carbonyl (C=O) groups is 2. The van der Waals surface area contributed by atoms with Gasteiger partial charge < -0.3 is 10.4 Å². The molecule has 0 aromatic carbocycles. The fraction of sp³-hybridized carbons (Fsp3) is 0.583. The molecule has 0 fully saturated rings. The molecule has 1 atom stereocenters. The van der Waals surface area contributed by atoms with Crippen molar-refractivity contribution in [2.45, 2.75) is 39.7 Å². The number of hydrogen-bond donors (Lipinski definition) is 3. The highest BCUT2D eigenvalue weighted by molar-refractivity contribution is 5.79. The number of carbonyl (C=O) groups excluding carboxylic acids is 1. The summed E-state index contributed by atoms with van der Waals surface area (Å²) in [5, 5.41) is 18.1. The maximum atomic E-state index is 11.8. The van der Waals surface area contributed by atoms with E-state index in [1.54, 1.807) is 12.3 Å². The molecule has 1 rings (SSSR count). The lowest BCUT2D eigenvalue weighted by Gasteiger charge is -2.30. The average Bonchev–Trinajstić information content (AvgIpc) is 2.67. The van der Waals surface area contributed by atoms with Crippen LogP contribution < -0.4 is 5.32 Å². The monoisotopic (exact) mass is 253 g/mol. The van der Waals surface area contributed by atoms with E-state index in [2.05, 4.69) is 15.5 Å². The van der Waals surface area contributed by atoms with Gasteiger partial charge in [0.25, 0.3) is 0 Å².